The standard InChI is InChI=1S/C15H24N2O/c1-2-7-13(16)15(18)17-11-6-10-14(17)12-8-4-3-5-9-12/h1,12-14H,3-11,16H2. The van der Waals surface area contributed by atoms with Crippen LogP contribution in [0.5, 0.6) is 0 Å². The Bertz CT molecular complexity index is 328. The maximum Gasteiger partial charge on any atom is 0.240 e. The number of amides is 1. The van der Waals surface area contributed by atoms with E-state index < -0.39 is 6.04 Å². The van der Waals surface area contributed by atoms with Gasteiger partial charge in [-0.1, -0.05) is 19.3 Å². The molecule has 0 aromatic carbocycles. The fourth-order valence-electron chi connectivity index (χ4n) is 3.50. The molecule has 1 saturated heterocycles. The summed E-state index contributed by atoms with van der Waals surface area (Å²) < 4.78 is 0. The summed E-state index contributed by atoms with van der Waals surface area (Å²) in [4.78, 5) is 14.3. The Morgan fingerprint density at radius 3 is 2.67 bits per heavy atom. The first kappa shape index (κ1) is 13.4. The van der Waals surface area contributed by atoms with Gasteiger partial charge < -0.3 is 10.6 Å². The Labute approximate surface area is 110 Å². The maximum absolute atomic E-state index is 12.3. The van der Waals surface area contributed by atoms with Crippen LogP contribution in [0.2, 0.25) is 0 Å². The van der Waals surface area contributed by atoms with E-state index in [-0.39, 0.29) is 5.91 Å². The van der Waals surface area contributed by atoms with Gasteiger partial charge in [0.15, 0.2) is 0 Å². The first-order valence-electron chi connectivity index (χ1n) is 7.23. The van der Waals surface area contributed by atoms with Crippen LogP contribution >= 0.6 is 0 Å². The van der Waals surface area contributed by atoms with Crippen LogP contribution in [0.3, 0.4) is 0 Å². The molecule has 0 bridgehead atoms. The maximum atomic E-state index is 12.3. The van der Waals surface area contributed by atoms with Gasteiger partial charge in [-0.2, -0.15) is 0 Å². The van der Waals surface area contributed by atoms with Crippen molar-refractivity contribution in [3.8, 4) is 12.3 Å². The molecule has 18 heavy (non-hydrogen) atoms. The zero-order valence-corrected chi connectivity index (χ0v) is 11.1. The molecule has 1 amide bonds. The van der Waals surface area contributed by atoms with Gasteiger partial charge in [-0.3, -0.25) is 4.79 Å². The van der Waals surface area contributed by atoms with Gasteiger partial charge in [0.1, 0.15) is 0 Å². The minimum Gasteiger partial charge on any atom is -0.338 e. The molecule has 2 rings (SSSR count). The molecule has 1 heterocycles. The molecule has 0 spiro atoms. The fourth-order valence-corrected chi connectivity index (χ4v) is 3.50. The number of terminal acetylenes is 1. The van der Waals surface area contributed by atoms with E-state index in [4.69, 9.17) is 12.2 Å². The second-order valence-corrected chi connectivity index (χ2v) is 5.65. The molecule has 1 aliphatic heterocycles. The third-order valence-corrected chi connectivity index (χ3v) is 4.43. The molecular formula is C15H24N2O. The minimum absolute atomic E-state index is 0.0704. The molecule has 1 aliphatic carbocycles. The molecule has 100 valence electrons. The Balaban J connectivity index is 1.98. The average molecular weight is 248 g/mol. The Morgan fingerprint density at radius 2 is 2.00 bits per heavy atom. The Kier molecular flexibility index (Phi) is 4.66. The topological polar surface area (TPSA) is 46.3 Å². The van der Waals surface area contributed by atoms with Crippen molar-refractivity contribution in [2.24, 2.45) is 11.7 Å². The fraction of sp³-hybridized carbons (Fsp3) is 0.800. The van der Waals surface area contributed by atoms with Crippen LogP contribution in [0, 0.1) is 18.3 Å². The van der Waals surface area contributed by atoms with Crippen LogP contribution < -0.4 is 5.73 Å². The lowest BCUT2D eigenvalue weighted by molar-refractivity contribution is -0.134. The lowest BCUT2D eigenvalue weighted by Crippen LogP contribution is -2.48. The van der Waals surface area contributed by atoms with Crippen LogP contribution in [-0.4, -0.2) is 29.4 Å². The summed E-state index contributed by atoms with van der Waals surface area (Å²) in [6.45, 7) is 0.873. The number of hydrogen-bond acceptors (Lipinski definition) is 2. The third-order valence-electron chi connectivity index (χ3n) is 4.43. The molecule has 3 nitrogen and oxygen atoms in total. The molecule has 0 radical (unpaired) electrons. The predicted octanol–water partition coefficient (Wildman–Crippen LogP) is 1.91. The van der Waals surface area contributed by atoms with Gasteiger partial charge in [0.25, 0.3) is 0 Å². The monoisotopic (exact) mass is 248 g/mol. The highest BCUT2D eigenvalue weighted by molar-refractivity contribution is 5.82. The minimum atomic E-state index is -0.501. The molecule has 2 aliphatic rings. The molecule has 2 unspecified atom stereocenters. The van der Waals surface area contributed by atoms with Gasteiger partial charge in [-0.25, -0.2) is 0 Å². The first-order valence-corrected chi connectivity index (χ1v) is 7.23. The second kappa shape index (κ2) is 6.24. The Morgan fingerprint density at radius 1 is 1.28 bits per heavy atom. The van der Waals surface area contributed by atoms with Crippen molar-refractivity contribution in [2.45, 2.75) is 63.5 Å². The molecule has 0 aromatic heterocycles. The Hall–Kier alpha value is -1.01. The lowest BCUT2D eigenvalue weighted by atomic mass is 9.83. The van der Waals surface area contributed by atoms with E-state index in [1.165, 1.54) is 32.1 Å². The van der Waals surface area contributed by atoms with E-state index in [0.717, 1.165) is 19.4 Å². The van der Waals surface area contributed by atoms with Gasteiger partial charge in [0.2, 0.25) is 5.91 Å². The number of carbonyl (C=O) groups is 1. The summed E-state index contributed by atoms with van der Waals surface area (Å²) in [5, 5.41) is 0. The summed E-state index contributed by atoms with van der Waals surface area (Å²) in [6, 6.07) is -0.0687. The zero-order chi connectivity index (χ0) is 13.0. The number of likely N-dealkylation sites (tertiary alicyclic amines) is 1. The number of carbonyl (C=O) groups excluding carboxylic acids is 1. The SMILES string of the molecule is C#CCC(N)C(=O)N1CCCC1C1CCCCC1. The van der Waals surface area contributed by atoms with Crippen LogP contribution in [-0.2, 0) is 4.79 Å². The van der Waals surface area contributed by atoms with Crippen LogP contribution in [0.1, 0.15) is 51.4 Å². The first-order chi connectivity index (χ1) is 8.74. The molecule has 2 N–H and O–H groups in total. The van der Waals surface area contributed by atoms with Crippen molar-refractivity contribution in [1.29, 1.82) is 0 Å². The summed E-state index contributed by atoms with van der Waals surface area (Å²) in [5.41, 5.74) is 5.87. The number of rotatable bonds is 3. The van der Waals surface area contributed by atoms with Crippen molar-refractivity contribution < 1.29 is 4.79 Å². The highest BCUT2D eigenvalue weighted by atomic mass is 16.2. The van der Waals surface area contributed by atoms with Crippen LogP contribution in [0.25, 0.3) is 0 Å². The van der Waals surface area contributed by atoms with E-state index in [2.05, 4.69) is 5.92 Å². The molecule has 3 heteroatoms. The van der Waals surface area contributed by atoms with Crippen molar-refractivity contribution in [2.75, 3.05) is 6.54 Å². The smallest absolute Gasteiger partial charge is 0.240 e. The van der Waals surface area contributed by atoms with Gasteiger partial charge in [-0.15, -0.1) is 12.3 Å². The number of nitrogens with two attached hydrogens (primary N) is 1. The van der Waals surface area contributed by atoms with E-state index >= 15 is 0 Å². The molecule has 1 saturated carbocycles. The van der Waals surface area contributed by atoms with Crippen LogP contribution in [0.15, 0.2) is 0 Å². The van der Waals surface area contributed by atoms with E-state index in [1.807, 2.05) is 4.90 Å². The van der Waals surface area contributed by atoms with Gasteiger partial charge in [-0.05, 0) is 31.6 Å². The van der Waals surface area contributed by atoms with Gasteiger partial charge in [0, 0.05) is 19.0 Å². The van der Waals surface area contributed by atoms with E-state index in [1.54, 1.807) is 0 Å². The summed E-state index contributed by atoms with van der Waals surface area (Å²) in [7, 11) is 0. The van der Waals surface area contributed by atoms with Crippen molar-refractivity contribution in [3.05, 3.63) is 0 Å². The lowest BCUT2D eigenvalue weighted by Gasteiger charge is -2.35. The summed E-state index contributed by atoms with van der Waals surface area (Å²) in [6.07, 6.45) is 14.4. The van der Waals surface area contributed by atoms with Gasteiger partial charge >= 0.3 is 0 Å². The van der Waals surface area contributed by atoms with E-state index in [0.29, 0.717) is 18.4 Å². The van der Waals surface area contributed by atoms with Crippen LogP contribution in [0.4, 0.5) is 0 Å². The summed E-state index contributed by atoms with van der Waals surface area (Å²) >= 11 is 0. The summed E-state index contributed by atoms with van der Waals surface area (Å²) in [5.74, 6) is 3.26. The third kappa shape index (κ3) is 2.87. The molecule has 2 atom stereocenters. The quantitative estimate of drug-likeness (QED) is 0.775. The van der Waals surface area contributed by atoms with Crippen molar-refractivity contribution in [3.63, 3.8) is 0 Å². The van der Waals surface area contributed by atoms with Crippen molar-refractivity contribution in [1.82, 2.24) is 4.90 Å². The second-order valence-electron chi connectivity index (χ2n) is 5.65. The zero-order valence-electron chi connectivity index (χ0n) is 11.1. The van der Waals surface area contributed by atoms with Crippen molar-refractivity contribution >= 4 is 5.91 Å². The van der Waals surface area contributed by atoms with Gasteiger partial charge in [0.05, 0.1) is 6.04 Å². The highest BCUT2D eigenvalue weighted by Crippen LogP contribution is 2.34. The molecule has 2 fully saturated rings. The van der Waals surface area contributed by atoms with E-state index in [9.17, 15) is 4.79 Å². The normalized spacial score (nSPS) is 26.9. The molecular weight excluding hydrogens is 224 g/mol. The average Bonchev–Trinajstić information content (AvgIpc) is 2.88. The number of hydrogen-bond donors (Lipinski definition) is 1. The predicted molar refractivity (Wildman–Crippen MR) is 72.7 cm³/mol. The molecule has 0 aromatic rings. The highest BCUT2D eigenvalue weighted by Gasteiger charge is 2.36. The largest absolute Gasteiger partial charge is 0.338 e. The number of nitrogens with zero attached hydrogens (tertiary/aromatic N) is 1.